The van der Waals surface area contributed by atoms with E-state index < -0.39 is 0 Å². The number of para-hydroxylation sites is 2. The highest BCUT2D eigenvalue weighted by Crippen LogP contribution is 2.17. The maximum Gasteiger partial charge on any atom is 0.415 e. The van der Waals surface area contributed by atoms with Crippen molar-refractivity contribution in [3.05, 3.63) is 60.2 Å². The van der Waals surface area contributed by atoms with Crippen LogP contribution in [-0.2, 0) is 4.79 Å². The third-order valence-electron chi connectivity index (χ3n) is 4.73. The minimum atomic E-state index is -0.370. The van der Waals surface area contributed by atoms with Crippen LogP contribution in [0.1, 0.15) is 18.4 Å². The van der Waals surface area contributed by atoms with E-state index in [0.717, 1.165) is 11.3 Å². The van der Waals surface area contributed by atoms with Crippen molar-refractivity contribution in [2.24, 2.45) is 0 Å². The van der Waals surface area contributed by atoms with Crippen molar-refractivity contribution in [2.45, 2.75) is 19.8 Å². The van der Waals surface area contributed by atoms with Gasteiger partial charge in [0, 0.05) is 32.6 Å². The summed E-state index contributed by atoms with van der Waals surface area (Å²) < 4.78 is 11.1. The van der Waals surface area contributed by atoms with E-state index >= 15 is 0 Å². The monoisotopic (exact) mass is 382 g/mol. The summed E-state index contributed by atoms with van der Waals surface area (Å²) >= 11 is 0. The number of amides is 2. The van der Waals surface area contributed by atoms with Crippen molar-refractivity contribution in [2.75, 3.05) is 32.8 Å². The van der Waals surface area contributed by atoms with Crippen LogP contribution in [0.25, 0.3) is 0 Å². The Labute approximate surface area is 165 Å². The van der Waals surface area contributed by atoms with Crippen molar-refractivity contribution >= 4 is 12.0 Å². The molecule has 0 atom stereocenters. The van der Waals surface area contributed by atoms with Crippen LogP contribution >= 0.6 is 0 Å². The molecule has 1 aliphatic rings. The molecular formula is C22H26N2O4. The van der Waals surface area contributed by atoms with Crippen molar-refractivity contribution in [3.8, 4) is 11.5 Å². The van der Waals surface area contributed by atoms with E-state index in [0.29, 0.717) is 51.4 Å². The lowest BCUT2D eigenvalue weighted by molar-refractivity contribution is -0.132. The number of nitrogens with zero attached hydrogens (tertiary/aromatic N) is 2. The fourth-order valence-electron chi connectivity index (χ4n) is 3.07. The molecule has 0 bridgehead atoms. The molecule has 6 nitrogen and oxygen atoms in total. The van der Waals surface area contributed by atoms with Gasteiger partial charge in [0.15, 0.2) is 0 Å². The van der Waals surface area contributed by atoms with Gasteiger partial charge in [0.05, 0.1) is 6.61 Å². The minimum Gasteiger partial charge on any atom is -0.493 e. The van der Waals surface area contributed by atoms with Crippen LogP contribution in [0.3, 0.4) is 0 Å². The quantitative estimate of drug-likeness (QED) is 0.718. The zero-order valence-corrected chi connectivity index (χ0v) is 16.2. The molecule has 1 fully saturated rings. The molecule has 148 valence electrons. The number of hydrogen-bond donors (Lipinski definition) is 0. The summed E-state index contributed by atoms with van der Waals surface area (Å²) in [7, 11) is 0. The standard InChI is InChI=1S/C22H26N2O4/c1-18-8-5-6-11-20(18)27-17-7-12-21(25)23-13-15-24(16-14-23)22(26)28-19-9-3-2-4-10-19/h2-6,8-11H,7,12-17H2,1H3. The molecule has 2 aromatic carbocycles. The Hall–Kier alpha value is -3.02. The number of carbonyl (C=O) groups excluding carboxylic acids is 2. The molecule has 0 aliphatic carbocycles. The lowest BCUT2D eigenvalue weighted by Crippen LogP contribution is -2.51. The molecule has 0 aromatic heterocycles. The molecular weight excluding hydrogens is 356 g/mol. The summed E-state index contributed by atoms with van der Waals surface area (Å²) in [5.41, 5.74) is 1.09. The number of carbonyl (C=O) groups is 2. The molecule has 1 saturated heterocycles. The lowest BCUT2D eigenvalue weighted by atomic mass is 10.2. The van der Waals surface area contributed by atoms with E-state index in [1.807, 2.05) is 49.4 Å². The van der Waals surface area contributed by atoms with Crippen molar-refractivity contribution in [1.82, 2.24) is 9.80 Å². The Morgan fingerprint density at radius 1 is 0.893 bits per heavy atom. The molecule has 28 heavy (non-hydrogen) atoms. The van der Waals surface area contributed by atoms with Gasteiger partial charge >= 0.3 is 6.09 Å². The van der Waals surface area contributed by atoms with Gasteiger partial charge in [-0.2, -0.15) is 0 Å². The molecule has 0 radical (unpaired) electrons. The first-order valence-corrected chi connectivity index (χ1v) is 9.61. The topological polar surface area (TPSA) is 59.1 Å². The molecule has 6 heteroatoms. The smallest absolute Gasteiger partial charge is 0.415 e. The number of ether oxygens (including phenoxy) is 2. The van der Waals surface area contributed by atoms with Crippen LogP contribution in [-0.4, -0.2) is 54.6 Å². The first-order chi connectivity index (χ1) is 13.6. The highest BCUT2D eigenvalue weighted by Gasteiger charge is 2.25. The van der Waals surface area contributed by atoms with Crippen molar-refractivity contribution in [3.63, 3.8) is 0 Å². The van der Waals surface area contributed by atoms with Gasteiger partial charge in [0.2, 0.25) is 5.91 Å². The molecule has 0 unspecified atom stereocenters. The average molecular weight is 382 g/mol. The molecule has 0 spiro atoms. The molecule has 2 aromatic rings. The summed E-state index contributed by atoms with van der Waals surface area (Å²) in [4.78, 5) is 28.0. The number of benzene rings is 2. The van der Waals surface area contributed by atoms with E-state index in [2.05, 4.69) is 0 Å². The maximum atomic E-state index is 12.4. The van der Waals surface area contributed by atoms with Gasteiger partial charge < -0.3 is 19.3 Å². The average Bonchev–Trinajstić information content (AvgIpc) is 2.73. The van der Waals surface area contributed by atoms with E-state index in [4.69, 9.17) is 9.47 Å². The fourth-order valence-corrected chi connectivity index (χ4v) is 3.07. The Balaban J connectivity index is 1.35. The summed E-state index contributed by atoms with van der Waals surface area (Å²) in [5, 5.41) is 0. The molecule has 0 saturated carbocycles. The van der Waals surface area contributed by atoms with Crippen LogP contribution in [0.5, 0.6) is 11.5 Å². The van der Waals surface area contributed by atoms with Gasteiger partial charge in [-0.05, 0) is 37.1 Å². The van der Waals surface area contributed by atoms with Gasteiger partial charge in [-0.1, -0.05) is 36.4 Å². The maximum absolute atomic E-state index is 12.4. The number of rotatable bonds is 6. The molecule has 1 heterocycles. The first-order valence-electron chi connectivity index (χ1n) is 9.61. The molecule has 3 rings (SSSR count). The molecule has 1 aliphatic heterocycles. The molecule has 2 amide bonds. The second kappa shape index (κ2) is 9.78. The largest absolute Gasteiger partial charge is 0.493 e. The van der Waals surface area contributed by atoms with Crippen molar-refractivity contribution in [1.29, 1.82) is 0 Å². The third-order valence-corrected chi connectivity index (χ3v) is 4.73. The van der Waals surface area contributed by atoms with Crippen LogP contribution in [0, 0.1) is 6.92 Å². The zero-order chi connectivity index (χ0) is 19.8. The summed E-state index contributed by atoms with van der Waals surface area (Å²) in [5.74, 6) is 1.49. The van der Waals surface area contributed by atoms with Gasteiger partial charge in [-0.15, -0.1) is 0 Å². The summed E-state index contributed by atoms with van der Waals surface area (Å²) in [6.45, 7) is 4.54. The lowest BCUT2D eigenvalue weighted by Gasteiger charge is -2.34. The number of piperazine rings is 1. The third kappa shape index (κ3) is 5.49. The predicted octanol–water partition coefficient (Wildman–Crippen LogP) is 3.50. The predicted molar refractivity (Wildman–Crippen MR) is 107 cm³/mol. The van der Waals surface area contributed by atoms with Gasteiger partial charge in [0.1, 0.15) is 11.5 Å². The second-order valence-electron chi connectivity index (χ2n) is 6.77. The van der Waals surface area contributed by atoms with E-state index in [-0.39, 0.29) is 12.0 Å². The van der Waals surface area contributed by atoms with Crippen LogP contribution in [0.15, 0.2) is 54.6 Å². The van der Waals surface area contributed by atoms with Gasteiger partial charge in [-0.25, -0.2) is 4.79 Å². The van der Waals surface area contributed by atoms with Gasteiger partial charge in [-0.3, -0.25) is 4.79 Å². The second-order valence-corrected chi connectivity index (χ2v) is 6.77. The number of hydrogen-bond acceptors (Lipinski definition) is 4. The van der Waals surface area contributed by atoms with Crippen molar-refractivity contribution < 1.29 is 19.1 Å². The Kier molecular flexibility index (Phi) is 6.89. The highest BCUT2D eigenvalue weighted by molar-refractivity contribution is 5.77. The normalized spacial score (nSPS) is 13.9. The first kappa shape index (κ1) is 19.7. The van der Waals surface area contributed by atoms with E-state index in [1.165, 1.54) is 0 Å². The van der Waals surface area contributed by atoms with Gasteiger partial charge in [0.25, 0.3) is 0 Å². The Morgan fingerprint density at radius 2 is 1.54 bits per heavy atom. The van der Waals surface area contributed by atoms with Crippen LogP contribution < -0.4 is 9.47 Å². The summed E-state index contributed by atoms with van der Waals surface area (Å²) in [6.07, 6.45) is 0.744. The van der Waals surface area contributed by atoms with Crippen LogP contribution in [0.4, 0.5) is 4.79 Å². The Morgan fingerprint density at radius 3 is 2.25 bits per heavy atom. The fraction of sp³-hybridized carbons (Fsp3) is 0.364. The van der Waals surface area contributed by atoms with Crippen LogP contribution in [0.2, 0.25) is 0 Å². The highest BCUT2D eigenvalue weighted by atomic mass is 16.6. The van der Waals surface area contributed by atoms with E-state index in [9.17, 15) is 9.59 Å². The minimum absolute atomic E-state index is 0.101. The SMILES string of the molecule is Cc1ccccc1OCCCC(=O)N1CCN(C(=O)Oc2ccccc2)CC1. The number of aryl methyl sites for hydroxylation is 1. The Bertz CT molecular complexity index is 786. The molecule has 0 N–H and O–H groups in total. The summed E-state index contributed by atoms with van der Waals surface area (Å²) in [6, 6.07) is 16.9. The zero-order valence-electron chi connectivity index (χ0n) is 16.2. The van der Waals surface area contributed by atoms with E-state index in [1.54, 1.807) is 21.9 Å².